The fourth-order valence-corrected chi connectivity index (χ4v) is 4.80. The van der Waals surface area contributed by atoms with E-state index in [9.17, 15) is 0 Å². The van der Waals surface area contributed by atoms with Gasteiger partial charge in [0.15, 0.2) is 6.42 Å². The highest BCUT2D eigenvalue weighted by molar-refractivity contribution is 8.13. The Balaban J connectivity index is 3.93. The summed E-state index contributed by atoms with van der Waals surface area (Å²) in [5, 5.41) is 3.64. The van der Waals surface area contributed by atoms with Crippen LogP contribution in [0, 0.1) is 0 Å². The van der Waals surface area contributed by atoms with E-state index in [0.29, 0.717) is 0 Å². The minimum Gasteiger partial charge on any atom is -0.337 e. The molecule has 1 aromatic carbocycles. The summed E-state index contributed by atoms with van der Waals surface area (Å²) in [6, 6.07) is 4.74. The number of anilines is 1. The third kappa shape index (κ3) is 5.58. The van der Waals surface area contributed by atoms with Crippen molar-refractivity contribution in [3.05, 3.63) is 28.8 Å². The average Bonchev–Trinajstić information content (AvgIpc) is 2.42. The summed E-state index contributed by atoms with van der Waals surface area (Å²) in [6.07, 6.45) is -2.27. The van der Waals surface area contributed by atoms with Gasteiger partial charge in [0.25, 0.3) is 0 Å². The van der Waals surface area contributed by atoms with Crippen molar-refractivity contribution in [2.45, 2.75) is 104 Å². The minimum atomic E-state index is -2.27. The topological polar surface area (TPSA) is 21.3 Å². The Hall–Kier alpha value is -0.370. The molecule has 0 saturated carbocycles. The monoisotopic (exact) mass is 411 g/mol. The highest BCUT2D eigenvalue weighted by atomic mass is 32.4. The normalized spacial score (nSPS) is 16.2. The van der Waals surface area contributed by atoms with Crippen molar-refractivity contribution in [3.8, 4) is 0 Å². The Bertz CT molecular complexity index is 690. The first-order valence-corrected chi connectivity index (χ1v) is 12.6. The molecule has 0 heterocycles. The number of benzene rings is 1. The lowest BCUT2D eigenvalue weighted by Gasteiger charge is -2.39. The van der Waals surface area contributed by atoms with Gasteiger partial charge in [0.2, 0.25) is 0 Å². The molecule has 1 atom stereocenters. The van der Waals surface area contributed by atoms with Gasteiger partial charge in [0.1, 0.15) is 0 Å². The van der Waals surface area contributed by atoms with Crippen molar-refractivity contribution in [2.75, 3.05) is 12.2 Å². The van der Waals surface area contributed by atoms with Crippen LogP contribution in [0.1, 0.15) is 99.8 Å². The van der Waals surface area contributed by atoms with Crippen LogP contribution in [0.5, 0.6) is 0 Å². The lowest BCUT2D eigenvalue weighted by atomic mass is 9.74. The Kier molecular flexibility index (Phi) is 6.82. The van der Waals surface area contributed by atoms with E-state index in [2.05, 4.69) is 100 Å². The largest absolute Gasteiger partial charge is 0.337 e. The molecule has 1 N–H and O–H groups in total. The van der Waals surface area contributed by atoms with Gasteiger partial charge in [-0.2, -0.15) is 0 Å². The molecule has 1 rings (SSSR count). The number of hydrogen-bond donors (Lipinski definition) is 1. The maximum atomic E-state index is 6.07. The van der Waals surface area contributed by atoms with Gasteiger partial charge in [-0.05, 0) is 44.7 Å². The first-order chi connectivity index (χ1) is 11.7. The fraction of sp³-hybridized carbons (Fsp3) is 0.739. The van der Waals surface area contributed by atoms with Gasteiger partial charge in [-0.25, -0.2) is 0 Å². The number of nitrogens with one attached hydrogen (secondary N) is 1. The quantitative estimate of drug-likeness (QED) is 0.514. The molecular weight excluding hydrogens is 369 g/mol. The second kappa shape index (κ2) is 7.47. The maximum Gasteiger partial charge on any atom is 0.158 e. The zero-order valence-electron chi connectivity index (χ0n) is 19.9. The van der Waals surface area contributed by atoms with E-state index < -0.39 is 6.42 Å². The third-order valence-corrected chi connectivity index (χ3v) is 10.2. The van der Waals surface area contributed by atoms with Crippen LogP contribution in [-0.2, 0) is 32.6 Å². The third-order valence-electron chi connectivity index (χ3n) is 5.02. The summed E-state index contributed by atoms with van der Waals surface area (Å²) in [6.45, 7) is 27.0. The zero-order valence-corrected chi connectivity index (χ0v) is 21.6. The van der Waals surface area contributed by atoms with E-state index in [0.717, 1.165) is 0 Å². The predicted molar refractivity (Wildman–Crippen MR) is 127 cm³/mol. The van der Waals surface area contributed by atoms with Gasteiger partial charge in [0.05, 0.1) is 0 Å². The molecule has 0 fully saturated rings. The molecule has 0 unspecified atom stereocenters. The number of rotatable bonds is 3. The van der Waals surface area contributed by atoms with Gasteiger partial charge in [-0.1, -0.05) is 95.2 Å². The Morgan fingerprint density at radius 1 is 0.741 bits per heavy atom. The van der Waals surface area contributed by atoms with E-state index in [1.165, 1.54) is 22.4 Å². The molecule has 156 valence electrons. The standard InChI is InChI=1S/C23H42NOPS/c1-20(2,3)16-14-17(21(4,5)6)19(18(15-16)22(7,8)9)24-26(27,25-13)23(10,11)12/h14-15H,1-13H3,(H,24,27)/t26-/m0/s1. The van der Waals surface area contributed by atoms with E-state index in [4.69, 9.17) is 16.3 Å². The predicted octanol–water partition coefficient (Wildman–Crippen LogP) is 7.75. The van der Waals surface area contributed by atoms with Crippen molar-refractivity contribution < 1.29 is 4.52 Å². The molecule has 0 spiro atoms. The summed E-state index contributed by atoms with van der Waals surface area (Å²) in [7, 11) is 1.75. The summed E-state index contributed by atoms with van der Waals surface area (Å²) < 4.78 is 5.95. The highest BCUT2D eigenvalue weighted by Gasteiger charge is 2.36. The smallest absolute Gasteiger partial charge is 0.158 e. The first kappa shape index (κ1) is 24.7. The molecule has 0 radical (unpaired) electrons. The van der Waals surface area contributed by atoms with E-state index >= 15 is 0 Å². The lowest BCUT2D eigenvalue weighted by Crippen LogP contribution is -2.27. The molecule has 4 heteroatoms. The number of hydrogen-bond acceptors (Lipinski definition) is 2. The summed E-state index contributed by atoms with van der Waals surface area (Å²) >= 11 is 6.07. The van der Waals surface area contributed by atoms with E-state index in [1.54, 1.807) is 7.11 Å². The van der Waals surface area contributed by atoms with Crippen LogP contribution in [-0.4, -0.2) is 12.3 Å². The molecule has 0 saturated heterocycles. The van der Waals surface area contributed by atoms with Crippen LogP contribution >= 0.6 is 6.42 Å². The second-order valence-corrected chi connectivity index (χ2v) is 16.3. The van der Waals surface area contributed by atoms with Crippen LogP contribution in [0.25, 0.3) is 0 Å². The molecule has 0 aliphatic heterocycles. The molecular formula is C23H42NOPS. The van der Waals surface area contributed by atoms with E-state index in [1.807, 2.05) is 0 Å². The molecule has 0 amide bonds. The van der Waals surface area contributed by atoms with Crippen molar-refractivity contribution in [2.24, 2.45) is 0 Å². The van der Waals surface area contributed by atoms with Gasteiger partial charge in [-0.3, -0.25) is 0 Å². The summed E-state index contributed by atoms with van der Waals surface area (Å²) in [4.78, 5) is 0. The molecule has 0 aliphatic carbocycles. The molecule has 27 heavy (non-hydrogen) atoms. The zero-order chi connectivity index (χ0) is 21.6. The van der Waals surface area contributed by atoms with Crippen molar-refractivity contribution in [1.82, 2.24) is 0 Å². The van der Waals surface area contributed by atoms with E-state index in [-0.39, 0.29) is 21.4 Å². The Morgan fingerprint density at radius 2 is 1.11 bits per heavy atom. The average molecular weight is 412 g/mol. The van der Waals surface area contributed by atoms with Gasteiger partial charge in [-0.15, -0.1) is 0 Å². The molecule has 1 aromatic rings. The van der Waals surface area contributed by atoms with Crippen molar-refractivity contribution >= 4 is 23.9 Å². The van der Waals surface area contributed by atoms with Crippen LogP contribution in [0.15, 0.2) is 12.1 Å². The highest BCUT2D eigenvalue weighted by Crippen LogP contribution is 2.59. The Morgan fingerprint density at radius 3 is 1.33 bits per heavy atom. The van der Waals surface area contributed by atoms with Gasteiger partial charge >= 0.3 is 0 Å². The minimum absolute atomic E-state index is 0.00458. The van der Waals surface area contributed by atoms with Crippen LogP contribution in [0.2, 0.25) is 0 Å². The lowest BCUT2D eigenvalue weighted by molar-refractivity contribution is 0.442. The molecule has 0 aliphatic rings. The Labute approximate surface area is 174 Å². The first-order valence-electron chi connectivity index (χ1n) is 9.88. The van der Waals surface area contributed by atoms with Crippen LogP contribution in [0.3, 0.4) is 0 Å². The van der Waals surface area contributed by atoms with Gasteiger partial charge in [0, 0.05) is 18.0 Å². The second-order valence-electron chi connectivity index (χ2n) is 11.7. The molecule has 2 nitrogen and oxygen atoms in total. The van der Waals surface area contributed by atoms with Crippen LogP contribution in [0.4, 0.5) is 5.69 Å². The summed E-state index contributed by atoms with van der Waals surface area (Å²) in [5.74, 6) is 0. The van der Waals surface area contributed by atoms with Crippen LogP contribution < -0.4 is 5.09 Å². The SMILES string of the molecule is CO[P@@](=S)(Nc1c(C(C)(C)C)cc(C(C)(C)C)cc1C(C)(C)C)C(C)(C)C. The molecule has 0 bridgehead atoms. The maximum absolute atomic E-state index is 6.07. The van der Waals surface area contributed by atoms with Crippen molar-refractivity contribution in [1.29, 1.82) is 0 Å². The van der Waals surface area contributed by atoms with Crippen molar-refractivity contribution in [3.63, 3.8) is 0 Å². The fourth-order valence-electron chi connectivity index (χ4n) is 3.01. The molecule has 0 aromatic heterocycles. The van der Waals surface area contributed by atoms with Gasteiger partial charge < -0.3 is 9.61 Å². The summed E-state index contributed by atoms with van der Waals surface area (Å²) in [5.41, 5.74) is 5.24.